The molecule has 0 bridgehead atoms. The number of alkyl halides is 3. The van der Waals surface area contributed by atoms with Crippen LogP contribution in [0, 0.1) is 6.92 Å². The summed E-state index contributed by atoms with van der Waals surface area (Å²) in [6, 6.07) is 6.41. The Kier molecular flexibility index (Phi) is 5.07. The van der Waals surface area contributed by atoms with Crippen molar-refractivity contribution < 1.29 is 17.9 Å². The summed E-state index contributed by atoms with van der Waals surface area (Å²) < 4.78 is 48.2. The molecule has 8 nitrogen and oxygen atoms in total. The number of halogens is 4. The van der Waals surface area contributed by atoms with E-state index in [-0.39, 0.29) is 40.1 Å². The number of nitrogen functional groups attached to an aromatic ring is 2. The Morgan fingerprint density at radius 3 is 2.70 bits per heavy atom. The number of nitrogens with one attached hydrogen (secondary N) is 1. The van der Waals surface area contributed by atoms with Gasteiger partial charge in [-0.1, -0.05) is 17.7 Å². The summed E-state index contributed by atoms with van der Waals surface area (Å²) in [5.74, 6) is 1.32. The fourth-order valence-electron chi connectivity index (χ4n) is 5.17. The number of pyridine rings is 2. The molecule has 6 rings (SSSR count). The highest BCUT2D eigenvalue weighted by Gasteiger charge is 2.52. The van der Waals surface area contributed by atoms with Crippen molar-refractivity contribution in [3.8, 4) is 17.0 Å². The lowest BCUT2D eigenvalue weighted by atomic mass is 9.99. The van der Waals surface area contributed by atoms with Crippen LogP contribution in [-0.4, -0.2) is 21.5 Å². The molecule has 1 fully saturated rings. The third kappa shape index (κ3) is 3.56. The normalized spacial score (nSPS) is 17.3. The van der Waals surface area contributed by atoms with E-state index in [2.05, 4.69) is 20.3 Å². The quantitative estimate of drug-likeness (QED) is 0.478. The van der Waals surface area contributed by atoms with E-state index in [9.17, 15) is 13.2 Å². The van der Waals surface area contributed by atoms with Crippen LogP contribution in [0.5, 0.6) is 5.75 Å². The number of nitrogens with two attached hydrogens (primary N) is 2. The van der Waals surface area contributed by atoms with Crippen molar-refractivity contribution in [1.82, 2.24) is 20.2 Å². The number of nitrogens with zero attached hydrogens (tertiary/aromatic N) is 4. The van der Waals surface area contributed by atoms with Gasteiger partial charge in [-0.25, -0.2) is 9.97 Å². The number of hydrogen-bond acceptors (Lipinski definition) is 8. The molecule has 0 amide bonds. The molecule has 1 saturated carbocycles. The number of ether oxygens (including phenoxy) is 1. The van der Waals surface area contributed by atoms with Crippen molar-refractivity contribution in [2.24, 2.45) is 4.99 Å². The third-order valence-corrected chi connectivity index (χ3v) is 7.25. The van der Waals surface area contributed by atoms with Gasteiger partial charge in [0.25, 0.3) is 0 Å². The first-order chi connectivity index (χ1) is 17.6. The van der Waals surface area contributed by atoms with Crippen molar-refractivity contribution in [1.29, 1.82) is 0 Å². The summed E-state index contributed by atoms with van der Waals surface area (Å²) in [6.07, 6.45) is 1.84. The molecule has 3 aliphatic rings. The lowest BCUT2D eigenvalue weighted by Gasteiger charge is -2.34. The summed E-state index contributed by atoms with van der Waals surface area (Å²) in [5.41, 5.74) is 11.2. The van der Waals surface area contributed by atoms with E-state index in [0.717, 1.165) is 18.4 Å². The highest BCUT2D eigenvalue weighted by Crippen LogP contribution is 2.54. The molecule has 0 unspecified atom stereocenters. The molecular weight excluding hydrogens is 507 g/mol. The van der Waals surface area contributed by atoms with E-state index in [1.54, 1.807) is 12.4 Å². The molecular formula is C25H21ClF3N7O. The second kappa shape index (κ2) is 8.01. The van der Waals surface area contributed by atoms with Crippen LogP contribution in [-0.2, 0) is 11.7 Å². The maximum atomic E-state index is 14.1. The molecule has 3 aromatic rings. The zero-order valence-corrected chi connectivity index (χ0v) is 20.3. The Balaban J connectivity index is 1.62. The first-order valence-electron chi connectivity index (χ1n) is 11.5. The zero-order chi connectivity index (χ0) is 26.1. The highest BCUT2D eigenvalue weighted by molar-refractivity contribution is 6.33. The van der Waals surface area contributed by atoms with E-state index < -0.39 is 17.3 Å². The number of anilines is 2. The highest BCUT2D eigenvalue weighted by atomic mass is 35.5. The third-order valence-electron chi connectivity index (χ3n) is 6.87. The van der Waals surface area contributed by atoms with E-state index in [1.807, 2.05) is 17.0 Å². The molecule has 37 heavy (non-hydrogen) atoms. The summed E-state index contributed by atoms with van der Waals surface area (Å²) in [5, 5.41) is 4.16. The smallest absolute Gasteiger partial charge is 0.418 e. The minimum atomic E-state index is -4.68. The predicted octanol–water partition coefficient (Wildman–Crippen LogP) is 3.39. The van der Waals surface area contributed by atoms with Gasteiger partial charge >= 0.3 is 6.18 Å². The summed E-state index contributed by atoms with van der Waals surface area (Å²) in [4.78, 5) is 14.8. The first kappa shape index (κ1) is 23.4. The molecule has 5 N–H and O–H groups in total. The van der Waals surface area contributed by atoms with Crippen molar-refractivity contribution in [3.05, 3.63) is 75.2 Å². The lowest BCUT2D eigenvalue weighted by molar-refractivity contribution is -0.137. The Hall–Kier alpha value is -3.99. The van der Waals surface area contributed by atoms with Crippen molar-refractivity contribution in [3.63, 3.8) is 0 Å². The molecule has 0 atom stereocenters. The Labute approximate surface area is 214 Å². The summed E-state index contributed by atoms with van der Waals surface area (Å²) >= 11 is 6.77. The first-order valence-corrected chi connectivity index (χ1v) is 11.8. The van der Waals surface area contributed by atoms with Crippen molar-refractivity contribution in [2.45, 2.75) is 31.5 Å². The second-order valence-electron chi connectivity index (χ2n) is 9.13. The Morgan fingerprint density at radius 2 is 2.00 bits per heavy atom. The maximum absolute atomic E-state index is 14.1. The van der Waals surface area contributed by atoms with Crippen molar-refractivity contribution >= 4 is 29.1 Å². The number of benzene rings is 1. The molecule has 1 aromatic carbocycles. The SMILES string of the molecule is Cc1cc(N)nc(-c2cc3c4c(c2Cl)=NCNC=4N(C2(c4cccnc4N)CC2)C=CO3)c1C(F)(F)F. The van der Waals surface area contributed by atoms with Gasteiger partial charge in [-0.2, -0.15) is 13.2 Å². The van der Waals surface area contributed by atoms with Gasteiger partial charge in [0.2, 0.25) is 0 Å². The minimum Gasteiger partial charge on any atom is -0.463 e. The van der Waals surface area contributed by atoms with Crippen LogP contribution < -0.4 is 32.1 Å². The average Bonchev–Trinajstić information content (AvgIpc) is 3.64. The van der Waals surface area contributed by atoms with Gasteiger partial charge in [0, 0.05) is 23.5 Å². The fraction of sp³-hybridized carbons (Fsp3) is 0.240. The Morgan fingerprint density at radius 1 is 1.22 bits per heavy atom. The molecule has 190 valence electrons. The van der Waals surface area contributed by atoms with Crippen LogP contribution in [0.25, 0.3) is 17.1 Å². The minimum absolute atomic E-state index is 0.0249. The standard InChI is InChI=1S/C25H21ClF3N7O/c1-12-9-16(30)35-20(18(12)25(27,28)29)13-10-15-17-21(19(13)26)33-11-34-23(17)36(7-8-37-15)24(4-5-24)14-3-2-6-32-22(14)31/h2-3,6-10,34H,4-5,11H2,1H3,(H2,30,35)(H2,31,32). The zero-order valence-electron chi connectivity index (χ0n) is 19.5. The fourth-order valence-corrected chi connectivity index (χ4v) is 5.46. The van der Waals surface area contributed by atoms with Crippen LogP contribution in [0.15, 0.2) is 47.9 Å². The molecule has 12 heteroatoms. The van der Waals surface area contributed by atoms with E-state index in [0.29, 0.717) is 22.2 Å². The summed E-state index contributed by atoms with van der Waals surface area (Å²) in [7, 11) is 0. The van der Waals surface area contributed by atoms with E-state index in [4.69, 9.17) is 27.8 Å². The van der Waals surface area contributed by atoms with Gasteiger partial charge in [0.1, 0.15) is 36.1 Å². The second-order valence-corrected chi connectivity index (χ2v) is 9.51. The number of aromatic nitrogens is 2. The summed E-state index contributed by atoms with van der Waals surface area (Å²) in [6.45, 7) is 1.49. The molecule has 0 radical (unpaired) electrons. The largest absolute Gasteiger partial charge is 0.463 e. The number of rotatable bonds is 3. The van der Waals surface area contributed by atoms with Gasteiger partial charge in [-0.3, -0.25) is 4.99 Å². The van der Waals surface area contributed by atoms with Gasteiger partial charge in [-0.05, 0) is 43.5 Å². The lowest BCUT2D eigenvalue weighted by Crippen LogP contribution is -2.46. The molecule has 2 aliphatic heterocycles. The molecule has 0 saturated heterocycles. The van der Waals surface area contributed by atoms with Gasteiger partial charge in [-0.15, -0.1) is 0 Å². The van der Waals surface area contributed by atoms with Crippen molar-refractivity contribution in [2.75, 3.05) is 18.1 Å². The number of aryl methyl sites for hydroxylation is 1. The van der Waals surface area contributed by atoms with Crippen LogP contribution in [0.4, 0.5) is 24.8 Å². The number of hydrogen-bond donors (Lipinski definition) is 3. The topological polar surface area (TPSA) is 115 Å². The molecule has 0 spiro atoms. The monoisotopic (exact) mass is 527 g/mol. The molecule has 1 aliphatic carbocycles. The van der Waals surface area contributed by atoms with Gasteiger partial charge in [0.05, 0.1) is 32.4 Å². The predicted molar refractivity (Wildman–Crippen MR) is 132 cm³/mol. The Bertz CT molecular complexity index is 1620. The van der Waals surface area contributed by atoms with Crippen LogP contribution >= 0.6 is 11.6 Å². The molecule has 4 heterocycles. The van der Waals surface area contributed by atoms with Crippen LogP contribution in [0.2, 0.25) is 5.02 Å². The van der Waals surface area contributed by atoms with E-state index >= 15 is 0 Å². The van der Waals surface area contributed by atoms with Crippen LogP contribution in [0.3, 0.4) is 0 Å². The van der Waals surface area contributed by atoms with Gasteiger partial charge < -0.3 is 26.4 Å². The average molecular weight is 528 g/mol. The van der Waals surface area contributed by atoms with Gasteiger partial charge in [0.15, 0.2) is 0 Å². The maximum Gasteiger partial charge on any atom is 0.418 e. The van der Waals surface area contributed by atoms with E-state index in [1.165, 1.54) is 25.3 Å². The van der Waals surface area contributed by atoms with Crippen LogP contribution in [0.1, 0.15) is 29.5 Å². The molecule has 2 aromatic heterocycles.